The number of amides is 2. The summed E-state index contributed by atoms with van der Waals surface area (Å²) in [5, 5.41) is 5.31. The van der Waals surface area contributed by atoms with Crippen molar-refractivity contribution in [1.29, 1.82) is 0 Å². The van der Waals surface area contributed by atoms with E-state index in [2.05, 4.69) is 10.6 Å². The van der Waals surface area contributed by atoms with E-state index >= 15 is 0 Å². The largest absolute Gasteiger partial charge is 0.449 e. The van der Waals surface area contributed by atoms with E-state index in [9.17, 15) is 9.59 Å². The molecule has 0 aliphatic carbocycles. The SMILES string of the molecule is CC1(C)COC(=O)NCCCCNC(=O)OC1. The molecule has 17 heavy (non-hydrogen) atoms. The molecular formula is C11H20N2O4. The number of alkyl carbamates (subject to hydrolysis) is 2. The van der Waals surface area contributed by atoms with Crippen LogP contribution in [-0.2, 0) is 9.47 Å². The zero-order valence-electron chi connectivity index (χ0n) is 10.4. The van der Waals surface area contributed by atoms with Gasteiger partial charge in [-0.15, -0.1) is 0 Å². The molecule has 0 atom stereocenters. The van der Waals surface area contributed by atoms with Crippen LogP contribution in [0, 0.1) is 5.41 Å². The molecular weight excluding hydrogens is 224 g/mol. The first-order valence-electron chi connectivity index (χ1n) is 5.81. The number of rotatable bonds is 0. The Hall–Kier alpha value is -1.46. The molecule has 0 aromatic carbocycles. The summed E-state index contributed by atoms with van der Waals surface area (Å²) in [6.45, 7) is 5.27. The van der Waals surface area contributed by atoms with Crippen LogP contribution < -0.4 is 10.6 Å². The third-order valence-corrected chi connectivity index (χ3v) is 2.33. The fourth-order valence-electron chi connectivity index (χ4n) is 1.30. The highest BCUT2D eigenvalue weighted by Crippen LogP contribution is 2.16. The summed E-state index contributed by atoms with van der Waals surface area (Å²) in [6, 6.07) is 0. The molecule has 1 aliphatic rings. The molecule has 0 aromatic rings. The molecule has 1 heterocycles. The molecule has 1 aliphatic heterocycles. The molecule has 0 saturated carbocycles. The van der Waals surface area contributed by atoms with Crippen LogP contribution in [0.1, 0.15) is 26.7 Å². The van der Waals surface area contributed by atoms with Gasteiger partial charge < -0.3 is 20.1 Å². The second kappa shape index (κ2) is 6.32. The molecule has 0 bridgehead atoms. The minimum atomic E-state index is -0.420. The monoisotopic (exact) mass is 244 g/mol. The van der Waals surface area contributed by atoms with Crippen molar-refractivity contribution in [2.45, 2.75) is 26.7 Å². The first-order valence-corrected chi connectivity index (χ1v) is 5.81. The average Bonchev–Trinajstić information content (AvgIpc) is 2.28. The third-order valence-electron chi connectivity index (χ3n) is 2.33. The van der Waals surface area contributed by atoms with E-state index in [0.717, 1.165) is 12.8 Å². The molecule has 0 aromatic heterocycles. The van der Waals surface area contributed by atoms with Gasteiger partial charge in [0.1, 0.15) is 13.2 Å². The first kappa shape index (κ1) is 13.6. The molecule has 0 unspecified atom stereocenters. The molecule has 6 heteroatoms. The number of carbonyl (C=O) groups is 2. The lowest BCUT2D eigenvalue weighted by Gasteiger charge is -2.23. The Labute approximate surface area is 101 Å². The Balaban J connectivity index is 2.49. The maximum atomic E-state index is 11.3. The zero-order valence-corrected chi connectivity index (χ0v) is 10.4. The normalized spacial score (nSPS) is 22.7. The van der Waals surface area contributed by atoms with Crippen molar-refractivity contribution in [3.05, 3.63) is 0 Å². The zero-order chi connectivity index (χ0) is 12.7. The van der Waals surface area contributed by atoms with Gasteiger partial charge in [0.2, 0.25) is 0 Å². The van der Waals surface area contributed by atoms with Gasteiger partial charge in [-0.3, -0.25) is 0 Å². The maximum Gasteiger partial charge on any atom is 0.407 e. The average molecular weight is 244 g/mol. The van der Waals surface area contributed by atoms with Crippen LogP contribution in [0.2, 0.25) is 0 Å². The standard InChI is InChI=1S/C11H20N2O4/c1-11(2)7-16-9(14)12-5-3-4-6-13-10(15)17-8-11/h3-8H2,1-2H3,(H,12,14)(H,13,15). The lowest BCUT2D eigenvalue weighted by Crippen LogP contribution is -2.33. The van der Waals surface area contributed by atoms with E-state index in [1.165, 1.54) is 0 Å². The maximum absolute atomic E-state index is 11.3. The minimum absolute atomic E-state index is 0.214. The van der Waals surface area contributed by atoms with Gasteiger partial charge in [-0.25, -0.2) is 9.59 Å². The van der Waals surface area contributed by atoms with E-state index < -0.39 is 12.2 Å². The van der Waals surface area contributed by atoms with E-state index in [0.29, 0.717) is 13.1 Å². The van der Waals surface area contributed by atoms with Crippen LogP contribution in [0.25, 0.3) is 0 Å². The van der Waals surface area contributed by atoms with Gasteiger partial charge in [0, 0.05) is 18.5 Å². The lowest BCUT2D eigenvalue weighted by atomic mass is 9.96. The topological polar surface area (TPSA) is 76.7 Å². The van der Waals surface area contributed by atoms with Gasteiger partial charge in [-0.2, -0.15) is 0 Å². The minimum Gasteiger partial charge on any atom is -0.449 e. The number of cyclic esters (lactones) is 2. The Morgan fingerprint density at radius 1 is 0.941 bits per heavy atom. The van der Waals surface area contributed by atoms with E-state index in [1.54, 1.807) is 0 Å². The summed E-state index contributed by atoms with van der Waals surface area (Å²) in [4.78, 5) is 22.6. The van der Waals surface area contributed by atoms with Gasteiger partial charge in [0.15, 0.2) is 0 Å². The fraction of sp³-hybridized carbons (Fsp3) is 0.818. The number of carbonyl (C=O) groups excluding carboxylic acids is 2. The number of hydrogen-bond acceptors (Lipinski definition) is 4. The van der Waals surface area contributed by atoms with Gasteiger partial charge >= 0.3 is 12.2 Å². The Bertz CT molecular complexity index is 253. The summed E-state index contributed by atoms with van der Waals surface area (Å²) in [6.07, 6.45) is 0.741. The highest BCUT2D eigenvalue weighted by molar-refractivity contribution is 5.67. The van der Waals surface area contributed by atoms with Gasteiger partial charge in [0.05, 0.1) is 0 Å². The van der Waals surface area contributed by atoms with E-state index in [-0.39, 0.29) is 18.6 Å². The Kier molecular flexibility index (Phi) is 5.06. The molecule has 98 valence electrons. The smallest absolute Gasteiger partial charge is 0.407 e. The lowest BCUT2D eigenvalue weighted by molar-refractivity contribution is 0.0473. The van der Waals surface area contributed by atoms with E-state index in [4.69, 9.17) is 9.47 Å². The predicted octanol–water partition coefficient (Wildman–Crippen LogP) is 1.26. The molecule has 1 rings (SSSR count). The quantitative estimate of drug-likeness (QED) is 0.672. The Morgan fingerprint density at radius 3 is 1.76 bits per heavy atom. The van der Waals surface area contributed by atoms with Gasteiger partial charge in [-0.05, 0) is 12.8 Å². The van der Waals surface area contributed by atoms with Crippen LogP contribution in [0.4, 0.5) is 9.59 Å². The summed E-state index contributed by atoms with van der Waals surface area (Å²) in [5.74, 6) is 0. The molecule has 2 amide bonds. The van der Waals surface area contributed by atoms with Gasteiger partial charge in [-0.1, -0.05) is 13.8 Å². The van der Waals surface area contributed by atoms with Crippen molar-refractivity contribution < 1.29 is 19.1 Å². The fourth-order valence-corrected chi connectivity index (χ4v) is 1.30. The molecule has 6 nitrogen and oxygen atoms in total. The van der Waals surface area contributed by atoms with Crippen LogP contribution in [-0.4, -0.2) is 38.5 Å². The molecule has 1 saturated heterocycles. The summed E-state index contributed by atoms with van der Waals surface area (Å²) in [7, 11) is 0. The predicted molar refractivity (Wildman–Crippen MR) is 61.7 cm³/mol. The molecule has 0 spiro atoms. The summed E-state index contributed by atoms with van der Waals surface area (Å²) < 4.78 is 10.1. The van der Waals surface area contributed by atoms with Crippen molar-refractivity contribution in [1.82, 2.24) is 10.6 Å². The van der Waals surface area contributed by atoms with Gasteiger partial charge in [0.25, 0.3) is 0 Å². The highest BCUT2D eigenvalue weighted by Gasteiger charge is 2.23. The second-order valence-corrected chi connectivity index (χ2v) is 4.88. The van der Waals surface area contributed by atoms with Crippen LogP contribution in [0.3, 0.4) is 0 Å². The first-order chi connectivity index (χ1) is 7.99. The summed E-state index contributed by atoms with van der Waals surface area (Å²) in [5.41, 5.74) is -0.386. The van der Waals surface area contributed by atoms with Crippen molar-refractivity contribution in [2.75, 3.05) is 26.3 Å². The molecule has 0 radical (unpaired) electrons. The highest BCUT2D eigenvalue weighted by atomic mass is 16.6. The van der Waals surface area contributed by atoms with Crippen LogP contribution in [0.15, 0.2) is 0 Å². The third kappa shape index (κ3) is 5.99. The molecule has 2 N–H and O–H groups in total. The number of hydrogen-bond donors (Lipinski definition) is 2. The van der Waals surface area contributed by atoms with Crippen molar-refractivity contribution in [2.24, 2.45) is 5.41 Å². The van der Waals surface area contributed by atoms with Crippen molar-refractivity contribution in [3.8, 4) is 0 Å². The number of nitrogens with one attached hydrogen (secondary N) is 2. The molecule has 1 fully saturated rings. The second-order valence-electron chi connectivity index (χ2n) is 4.88. The van der Waals surface area contributed by atoms with Crippen LogP contribution in [0.5, 0.6) is 0 Å². The van der Waals surface area contributed by atoms with Crippen LogP contribution >= 0.6 is 0 Å². The Morgan fingerprint density at radius 2 is 1.35 bits per heavy atom. The number of ether oxygens (including phenoxy) is 2. The van der Waals surface area contributed by atoms with Crippen molar-refractivity contribution >= 4 is 12.2 Å². The summed E-state index contributed by atoms with van der Waals surface area (Å²) >= 11 is 0. The van der Waals surface area contributed by atoms with Crippen molar-refractivity contribution in [3.63, 3.8) is 0 Å². The van der Waals surface area contributed by atoms with E-state index in [1.807, 2.05) is 13.8 Å².